The van der Waals surface area contributed by atoms with Crippen molar-refractivity contribution in [2.45, 2.75) is 18.1 Å². The molecule has 0 spiro atoms. The molecular weight excluding hydrogens is 508 g/mol. The number of rotatable bonds is 9. The van der Waals surface area contributed by atoms with Gasteiger partial charge in [0.15, 0.2) is 21.5 Å². The van der Waals surface area contributed by atoms with Gasteiger partial charge in [-0.15, -0.1) is 11.3 Å². The van der Waals surface area contributed by atoms with Crippen LogP contribution in [0.15, 0.2) is 82.3 Å². The highest BCUT2D eigenvalue weighted by Crippen LogP contribution is 2.27. The molecule has 2 aromatic carbocycles. The van der Waals surface area contributed by atoms with Crippen LogP contribution in [0.2, 0.25) is 0 Å². The molecule has 3 aromatic heterocycles. The van der Waals surface area contributed by atoms with Crippen molar-refractivity contribution in [2.75, 3.05) is 18.2 Å². The van der Waals surface area contributed by atoms with Crippen LogP contribution in [0.5, 0.6) is 5.75 Å². The first-order valence-electron chi connectivity index (χ1n) is 11.4. The van der Waals surface area contributed by atoms with Crippen LogP contribution < -0.4 is 15.6 Å². The van der Waals surface area contributed by atoms with Crippen molar-refractivity contribution in [2.24, 2.45) is 0 Å². The van der Waals surface area contributed by atoms with Crippen LogP contribution >= 0.6 is 23.1 Å². The quantitative estimate of drug-likeness (QED) is 0.222. The lowest BCUT2D eigenvalue weighted by Gasteiger charge is -2.12. The molecule has 0 fully saturated rings. The second-order valence-electron chi connectivity index (χ2n) is 7.92. The molecule has 0 aliphatic heterocycles. The van der Waals surface area contributed by atoms with Gasteiger partial charge in [0.1, 0.15) is 5.75 Å². The van der Waals surface area contributed by atoms with Crippen LogP contribution in [0, 0.1) is 0 Å². The Morgan fingerprint density at radius 2 is 1.84 bits per heavy atom. The molecule has 0 saturated heterocycles. The van der Waals surface area contributed by atoms with E-state index in [0.717, 1.165) is 22.6 Å². The zero-order valence-corrected chi connectivity index (χ0v) is 21.5. The van der Waals surface area contributed by atoms with Gasteiger partial charge in [-0.1, -0.05) is 42.1 Å². The van der Waals surface area contributed by atoms with E-state index in [1.54, 1.807) is 11.7 Å². The molecule has 37 heavy (non-hydrogen) atoms. The zero-order chi connectivity index (χ0) is 25.6. The Morgan fingerprint density at radius 3 is 2.62 bits per heavy atom. The number of thiazole rings is 1. The summed E-state index contributed by atoms with van der Waals surface area (Å²) in [6, 6.07) is 17.4. The number of ether oxygens (including phenoxy) is 1. The molecule has 1 N–H and O–H groups in total. The lowest BCUT2D eigenvalue weighted by Crippen LogP contribution is -2.26. The highest BCUT2D eigenvalue weighted by atomic mass is 32.2. The highest BCUT2D eigenvalue weighted by molar-refractivity contribution is 7.99. The number of amides is 1. The molecule has 0 unspecified atom stereocenters. The fraction of sp³-hybridized carbons (Fsp3) is 0.154. The molecule has 0 saturated carbocycles. The number of carbonyl (C=O) groups is 1. The molecule has 0 radical (unpaired) electrons. The Bertz CT molecular complexity index is 1590. The third-order valence-corrected chi connectivity index (χ3v) is 7.23. The summed E-state index contributed by atoms with van der Waals surface area (Å²) in [6.07, 6.45) is 3.61. The molecule has 3 heterocycles. The smallest absolute Gasteiger partial charge is 0.282 e. The van der Waals surface area contributed by atoms with Gasteiger partial charge < -0.3 is 10.1 Å². The molecule has 0 atom stereocenters. The monoisotopic (exact) mass is 530 g/mol. The maximum atomic E-state index is 13.2. The molecule has 0 aliphatic carbocycles. The average Bonchev–Trinajstić information content (AvgIpc) is 3.40. The van der Waals surface area contributed by atoms with Gasteiger partial charge >= 0.3 is 0 Å². The molecule has 0 bridgehead atoms. The van der Waals surface area contributed by atoms with Crippen molar-refractivity contribution in [1.29, 1.82) is 0 Å². The van der Waals surface area contributed by atoms with E-state index in [2.05, 4.69) is 25.3 Å². The normalized spacial score (nSPS) is 10.9. The third kappa shape index (κ3) is 5.84. The largest absolute Gasteiger partial charge is 0.497 e. The topological polar surface area (TPSA) is 112 Å². The minimum atomic E-state index is -0.277. The number of nitrogens with one attached hydrogen (secondary N) is 1. The average molecular weight is 531 g/mol. The number of methoxy groups -OCH3 is 1. The first kappa shape index (κ1) is 24.6. The predicted octanol–water partition coefficient (Wildman–Crippen LogP) is 4.29. The number of anilines is 1. The van der Waals surface area contributed by atoms with Crippen molar-refractivity contribution in [3.63, 3.8) is 0 Å². The van der Waals surface area contributed by atoms with E-state index in [-0.39, 0.29) is 28.4 Å². The van der Waals surface area contributed by atoms with Crippen molar-refractivity contribution in [3.05, 3.63) is 88.3 Å². The Kier molecular flexibility index (Phi) is 7.52. The highest BCUT2D eigenvalue weighted by Gasteiger charge is 2.16. The van der Waals surface area contributed by atoms with Crippen molar-refractivity contribution < 1.29 is 9.53 Å². The Hall–Kier alpha value is -4.09. The minimum absolute atomic E-state index is 0.0565. The number of fused-ring (bicyclic) bond motifs is 1. The first-order chi connectivity index (χ1) is 18.1. The molecule has 5 aromatic rings. The molecule has 5 rings (SSSR count). The van der Waals surface area contributed by atoms with Gasteiger partial charge in [-0.05, 0) is 36.2 Å². The second kappa shape index (κ2) is 11.3. The predicted molar refractivity (Wildman–Crippen MR) is 145 cm³/mol. The van der Waals surface area contributed by atoms with E-state index < -0.39 is 0 Å². The van der Waals surface area contributed by atoms with Crippen LogP contribution in [-0.4, -0.2) is 43.3 Å². The van der Waals surface area contributed by atoms with E-state index in [1.807, 2.05) is 60.0 Å². The summed E-state index contributed by atoms with van der Waals surface area (Å²) >= 11 is 2.53. The second-order valence-corrected chi connectivity index (χ2v) is 9.72. The van der Waals surface area contributed by atoms with E-state index in [1.165, 1.54) is 35.5 Å². The number of benzene rings is 2. The third-order valence-electron chi connectivity index (χ3n) is 5.49. The van der Waals surface area contributed by atoms with Crippen LogP contribution in [0.4, 0.5) is 5.13 Å². The Balaban J connectivity index is 1.30. The van der Waals surface area contributed by atoms with Crippen LogP contribution in [0.3, 0.4) is 0 Å². The van der Waals surface area contributed by atoms with Crippen LogP contribution in [-0.2, 0) is 17.8 Å². The maximum Gasteiger partial charge on any atom is 0.282 e. The number of nitrogens with zero attached hydrogens (tertiary/aromatic N) is 5. The summed E-state index contributed by atoms with van der Waals surface area (Å²) in [6.45, 7) is 0.407. The van der Waals surface area contributed by atoms with Crippen LogP contribution in [0.25, 0.3) is 22.4 Å². The molecular formula is C26H22N6O3S2. The van der Waals surface area contributed by atoms with Crippen molar-refractivity contribution in [1.82, 2.24) is 24.5 Å². The van der Waals surface area contributed by atoms with Gasteiger partial charge in [-0.25, -0.2) is 19.9 Å². The van der Waals surface area contributed by atoms with Gasteiger partial charge in [0, 0.05) is 29.9 Å². The lowest BCUT2D eigenvalue weighted by atomic mass is 10.1. The summed E-state index contributed by atoms with van der Waals surface area (Å²) in [5, 5.41) is 5.63. The molecule has 11 heteroatoms. The maximum absolute atomic E-state index is 13.2. The number of hydrogen-bond acceptors (Lipinski definition) is 9. The lowest BCUT2D eigenvalue weighted by molar-refractivity contribution is -0.113. The standard InChI is InChI=1S/C26H22N6O3S2/c1-35-19-9-7-18(8-10-19)20-15-36-25(29-20)30-21(33)16-37-26-31-23-22(27-12-13-28-23)24(34)32(26)14-11-17-5-3-2-4-6-17/h2-10,12-13,15H,11,14,16H2,1H3,(H,29,30,33). The molecule has 1 amide bonds. The van der Waals surface area contributed by atoms with E-state index in [0.29, 0.717) is 23.3 Å². The van der Waals surface area contributed by atoms with Gasteiger partial charge in [0.05, 0.1) is 18.6 Å². The van der Waals surface area contributed by atoms with Gasteiger partial charge in [-0.2, -0.15) is 0 Å². The van der Waals surface area contributed by atoms with Crippen LogP contribution in [0.1, 0.15) is 5.56 Å². The van der Waals surface area contributed by atoms with E-state index in [4.69, 9.17) is 4.74 Å². The van der Waals surface area contributed by atoms with Gasteiger partial charge in [-0.3, -0.25) is 14.2 Å². The van der Waals surface area contributed by atoms with Gasteiger partial charge in [0.2, 0.25) is 5.91 Å². The SMILES string of the molecule is COc1ccc(-c2csc(NC(=O)CSc3nc4nccnc4c(=O)n3CCc3ccccc3)n2)cc1. The number of aromatic nitrogens is 5. The minimum Gasteiger partial charge on any atom is -0.497 e. The molecule has 186 valence electrons. The summed E-state index contributed by atoms with van der Waals surface area (Å²) in [7, 11) is 1.62. The van der Waals surface area contributed by atoms with Crippen molar-refractivity contribution >= 4 is 45.3 Å². The fourth-order valence-electron chi connectivity index (χ4n) is 3.63. The number of thioether (sulfide) groups is 1. The zero-order valence-electron chi connectivity index (χ0n) is 19.8. The number of aryl methyl sites for hydroxylation is 1. The number of carbonyl (C=O) groups excluding carboxylic acids is 1. The first-order valence-corrected chi connectivity index (χ1v) is 13.3. The van der Waals surface area contributed by atoms with E-state index >= 15 is 0 Å². The Morgan fingerprint density at radius 1 is 1.05 bits per heavy atom. The van der Waals surface area contributed by atoms with Gasteiger partial charge in [0.25, 0.3) is 5.56 Å². The summed E-state index contributed by atoms with van der Waals surface area (Å²) in [5.74, 6) is 0.574. The molecule has 0 aliphatic rings. The van der Waals surface area contributed by atoms with Crippen molar-refractivity contribution in [3.8, 4) is 17.0 Å². The summed E-state index contributed by atoms with van der Waals surface area (Å²) < 4.78 is 6.76. The fourth-order valence-corrected chi connectivity index (χ4v) is 5.18. The molecule has 9 nitrogen and oxygen atoms in total. The number of hydrogen-bond donors (Lipinski definition) is 1. The Labute approximate surface area is 220 Å². The van der Waals surface area contributed by atoms with E-state index in [9.17, 15) is 9.59 Å². The summed E-state index contributed by atoms with van der Waals surface area (Å²) in [4.78, 5) is 43.3. The summed E-state index contributed by atoms with van der Waals surface area (Å²) in [5.41, 5.74) is 2.98.